The van der Waals surface area contributed by atoms with Crippen LogP contribution >= 0.6 is 0 Å². The van der Waals surface area contributed by atoms with Gasteiger partial charge >= 0.3 is 6.09 Å². The largest absolute Gasteiger partial charge is 0.465 e. The Hall–Kier alpha value is -3.43. The van der Waals surface area contributed by atoms with Crippen molar-refractivity contribution >= 4 is 23.5 Å². The van der Waals surface area contributed by atoms with Crippen LogP contribution in [0.5, 0.6) is 11.5 Å². The monoisotopic (exact) mass is 457 g/mol. The van der Waals surface area contributed by atoms with Crippen molar-refractivity contribution in [3.8, 4) is 11.5 Å². The van der Waals surface area contributed by atoms with E-state index in [1.54, 1.807) is 27.1 Å². The van der Waals surface area contributed by atoms with Gasteiger partial charge in [-0.1, -0.05) is 13.8 Å². The van der Waals surface area contributed by atoms with Gasteiger partial charge in [0.1, 0.15) is 12.1 Å². The van der Waals surface area contributed by atoms with Crippen LogP contribution in [-0.4, -0.2) is 65.2 Å². The Morgan fingerprint density at radius 2 is 1.97 bits per heavy atom. The highest BCUT2D eigenvalue weighted by molar-refractivity contribution is 5.95. The third-order valence-corrected chi connectivity index (χ3v) is 6.43. The molecule has 33 heavy (non-hydrogen) atoms. The van der Waals surface area contributed by atoms with E-state index >= 15 is 0 Å². The topological polar surface area (TPSA) is 99.1 Å². The van der Waals surface area contributed by atoms with Crippen LogP contribution in [0.2, 0.25) is 0 Å². The van der Waals surface area contributed by atoms with E-state index in [-0.39, 0.29) is 17.2 Å². The molecular formula is C23H28FN5O4. The molecule has 0 aliphatic carbocycles. The Balaban J connectivity index is 1.59. The number of rotatable bonds is 5. The molecule has 0 radical (unpaired) electrons. The maximum atomic E-state index is 14.0. The van der Waals surface area contributed by atoms with E-state index in [1.807, 2.05) is 0 Å². The van der Waals surface area contributed by atoms with E-state index in [4.69, 9.17) is 4.74 Å². The van der Waals surface area contributed by atoms with Crippen LogP contribution in [0.3, 0.4) is 0 Å². The number of anilines is 2. The van der Waals surface area contributed by atoms with Crippen LogP contribution in [0.4, 0.5) is 20.7 Å². The first-order chi connectivity index (χ1) is 15.7. The minimum atomic E-state index is -0.889. The summed E-state index contributed by atoms with van der Waals surface area (Å²) in [6.45, 7) is 5.96. The molecule has 2 fully saturated rings. The van der Waals surface area contributed by atoms with Gasteiger partial charge < -0.3 is 24.5 Å². The summed E-state index contributed by atoms with van der Waals surface area (Å²) in [7, 11) is 1.59. The van der Waals surface area contributed by atoms with E-state index < -0.39 is 11.9 Å². The highest BCUT2D eigenvalue weighted by Gasteiger charge is 2.45. The number of hydrogen-bond donors (Lipinski definition) is 1. The predicted octanol–water partition coefficient (Wildman–Crippen LogP) is 3.61. The lowest BCUT2D eigenvalue weighted by Crippen LogP contribution is -2.33. The number of hydrogen-bond acceptors (Lipinski definition) is 6. The van der Waals surface area contributed by atoms with E-state index in [0.29, 0.717) is 49.2 Å². The molecule has 1 atom stereocenters. The molecule has 2 saturated heterocycles. The fraction of sp³-hybridized carbons (Fsp3) is 0.478. The third-order valence-electron chi connectivity index (χ3n) is 6.43. The van der Waals surface area contributed by atoms with Crippen molar-refractivity contribution in [1.29, 1.82) is 0 Å². The molecule has 2 aromatic rings. The summed E-state index contributed by atoms with van der Waals surface area (Å²) in [6.07, 6.45) is 3.75. The van der Waals surface area contributed by atoms with Gasteiger partial charge in [-0.25, -0.2) is 19.2 Å². The lowest BCUT2D eigenvalue weighted by Gasteiger charge is -2.26. The maximum absolute atomic E-state index is 14.0. The van der Waals surface area contributed by atoms with Gasteiger partial charge in [0, 0.05) is 50.6 Å². The van der Waals surface area contributed by atoms with Gasteiger partial charge in [0.15, 0.2) is 17.3 Å². The number of nitrogens with zero attached hydrogens (tertiary/aromatic N) is 5. The fourth-order valence-corrected chi connectivity index (χ4v) is 4.63. The summed E-state index contributed by atoms with van der Waals surface area (Å²) in [5.74, 6) is 0.386. The van der Waals surface area contributed by atoms with Crippen molar-refractivity contribution < 1.29 is 23.8 Å². The summed E-state index contributed by atoms with van der Waals surface area (Å²) in [4.78, 5) is 37.3. The molecule has 1 N–H and O–H groups in total. The molecule has 10 heteroatoms. The van der Waals surface area contributed by atoms with Gasteiger partial charge in [0.25, 0.3) is 0 Å². The van der Waals surface area contributed by atoms with Crippen LogP contribution in [0.1, 0.15) is 26.7 Å². The lowest BCUT2D eigenvalue weighted by atomic mass is 9.86. The molecule has 3 heterocycles. The second-order valence-electron chi connectivity index (χ2n) is 9.10. The highest BCUT2D eigenvalue weighted by Crippen LogP contribution is 2.43. The number of carbonyl (C=O) groups is 2. The summed E-state index contributed by atoms with van der Waals surface area (Å²) in [6, 6.07) is 4.03. The second-order valence-corrected chi connectivity index (χ2v) is 9.10. The second kappa shape index (κ2) is 8.84. The molecule has 2 aliphatic rings. The van der Waals surface area contributed by atoms with E-state index in [2.05, 4.69) is 14.9 Å². The van der Waals surface area contributed by atoms with Crippen LogP contribution in [-0.2, 0) is 4.79 Å². The van der Waals surface area contributed by atoms with Crippen LogP contribution in [0, 0.1) is 17.2 Å². The molecule has 2 aliphatic heterocycles. The quantitative estimate of drug-likeness (QED) is 0.732. The molecule has 1 spiro atoms. The number of carbonyl (C=O) groups excluding carboxylic acids is 1. The third kappa shape index (κ3) is 4.55. The number of carboxylic acid groups (broad SMARTS) is 1. The van der Waals surface area contributed by atoms with Crippen LogP contribution < -0.4 is 14.5 Å². The van der Waals surface area contributed by atoms with Gasteiger partial charge in [-0.2, -0.15) is 0 Å². The van der Waals surface area contributed by atoms with Crippen molar-refractivity contribution in [1.82, 2.24) is 14.9 Å². The molecule has 1 aromatic heterocycles. The molecule has 2 amide bonds. The number of amides is 2. The lowest BCUT2D eigenvalue weighted by molar-refractivity contribution is -0.121. The number of ether oxygens (including phenoxy) is 1. The normalized spacial score (nSPS) is 20.0. The molecule has 9 nitrogen and oxygen atoms in total. The van der Waals surface area contributed by atoms with E-state index in [0.717, 1.165) is 12.8 Å². The Labute approximate surface area is 191 Å². The summed E-state index contributed by atoms with van der Waals surface area (Å²) < 4.78 is 20.2. The molecule has 0 saturated carbocycles. The standard InChI is InChI=1S/C23H28FN5O4/c1-15(2)21(30)27(3)17-10-16(24)4-5-18(17)33-19-11-25-14-26-20(19)28-8-6-23(12-28)7-9-29(13-23)22(31)32/h4-5,10-11,14-15H,6-9,12-13H2,1-3H3,(H,31,32). The van der Waals surface area contributed by atoms with E-state index in [9.17, 15) is 19.1 Å². The van der Waals surface area contributed by atoms with Gasteiger partial charge in [-0.15, -0.1) is 0 Å². The van der Waals surface area contributed by atoms with E-state index in [1.165, 1.54) is 34.3 Å². The molecule has 176 valence electrons. The zero-order valence-electron chi connectivity index (χ0n) is 19.0. The van der Waals surface area contributed by atoms with Crippen molar-refractivity contribution in [2.24, 2.45) is 11.3 Å². The van der Waals surface area contributed by atoms with Crippen molar-refractivity contribution in [2.75, 3.05) is 43.0 Å². The average molecular weight is 458 g/mol. The van der Waals surface area contributed by atoms with Crippen molar-refractivity contribution in [3.63, 3.8) is 0 Å². The first kappa shape index (κ1) is 22.8. The Kier molecular flexibility index (Phi) is 6.09. The number of aromatic nitrogens is 2. The number of halogens is 1. The van der Waals surface area contributed by atoms with Crippen molar-refractivity contribution in [3.05, 3.63) is 36.5 Å². The highest BCUT2D eigenvalue weighted by atomic mass is 19.1. The minimum absolute atomic E-state index is 0.106. The SMILES string of the molecule is CC(C)C(=O)N(C)c1cc(F)ccc1Oc1cncnc1N1CCC2(CCN(C(=O)O)C2)C1. The first-order valence-corrected chi connectivity index (χ1v) is 11.0. The maximum Gasteiger partial charge on any atom is 0.407 e. The van der Waals surface area contributed by atoms with Crippen LogP contribution in [0.15, 0.2) is 30.7 Å². The molecule has 1 unspecified atom stereocenters. The summed E-state index contributed by atoms with van der Waals surface area (Å²) in [5, 5.41) is 9.33. The minimum Gasteiger partial charge on any atom is -0.465 e. The Morgan fingerprint density at radius 3 is 2.67 bits per heavy atom. The fourth-order valence-electron chi connectivity index (χ4n) is 4.63. The zero-order valence-corrected chi connectivity index (χ0v) is 19.0. The van der Waals surface area contributed by atoms with Gasteiger partial charge in [-0.3, -0.25) is 4.79 Å². The van der Waals surface area contributed by atoms with Gasteiger partial charge in [0.05, 0.1) is 11.9 Å². The van der Waals surface area contributed by atoms with Gasteiger partial charge in [0.2, 0.25) is 5.91 Å². The van der Waals surface area contributed by atoms with Crippen molar-refractivity contribution in [2.45, 2.75) is 26.7 Å². The molecule has 4 rings (SSSR count). The predicted molar refractivity (Wildman–Crippen MR) is 120 cm³/mol. The zero-order chi connectivity index (χ0) is 23.8. The average Bonchev–Trinajstić information content (AvgIpc) is 3.41. The first-order valence-electron chi connectivity index (χ1n) is 11.0. The Morgan fingerprint density at radius 1 is 1.21 bits per heavy atom. The summed E-state index contributed by atoms with van der Waals surface area (Å²) >= 11 is 0. The van der Waals surface area contributed by atoms with Gasteiger partial charge in [-0.05, 0) is 25.0 Å². The number of benzene rings is 1. The number of likely N-dealkylation sites (tertiary alicyclic amines) is 1. The van der Waals surface area contributed by atoms with Crippen LogP contribution in [0.25, 0.3) is 0 Å². The molecular weight excluding hydrogens is 429 g/mol. The smallest absolute Gasteiger partial charge is 0.407 e. The Bertz CT molecular complexity index is 1060. The molecule has 1 aromatic carbocycles. The summed E-state index contributed by atoms with van der Waals surface area (Å²) in [5.41, 5.74) is 0.209. The molecule has 0 bridgehead atoms.